The molecule has 0 unspecified atom stereocenters. The van der Waals surface area contributed by atoms with Crippen molar-refractivity contribution in [3.8, 4) is 0 Å². The van der Waals surface area contributed by atoms with Gasteiger partial charge in [-0.15, -0.1) is 11.8 Å². The maximum Gasteiger partial charge on any atom is 0.232 e. The Morgan fingerprint density at radius 3 is 2.67 bits per heavy atom. The fourth-order valence-corrected chi connectivity index (χ4v) is 4.92. The average molecular weight is 399 g/mol. The molecule has 3 heterocycles. The minimum atomic E-state index is 0.234. The standard InChI is InChI=1S/C20H22N4OS2/c1-15-4-6-16(7-5-15)13-26-14-18(25)23-9-11-24(12-10-23)20-22-17-3-2-8-21-19(17)27-20/h2-8H,9-14H2,1H3. The largest absolute Gasteiger partial charge is 0.344 e. The highest BCUT2D eigenvalue weighted by Crippen LogP contribution is 2.27. The molecule has 5 nitrogen and oxygen atoms in total. The Balaban J connectivity index is 1.25. The molecule has 0 saturated carbocycles. The number of hydrogen-bond donors (Lipinski definition) is 0. The second-order valence-electron chi connectivity index (χ2n) is 6.67. The van der Waals surface area contributed by atoms with Gasteiger partial charge in [-0.1, -0.05) is 41.2 Å². The number of carbonyl (C=O) groups excluding carboxylic acids is 1. The fourth-order valence-electron chi connectivity index (χ4n) is 3.07. The smallest absolute Gasteiger partial charge is 0.232 e. The van der Waals surface area contributed by atoms with E-state index in [2.05, 4.69) is 46.1 Å². The number of hydrogen-bond acceptors (Lipinski definition) is 6. The zero-order valence-electron chi connectivity index (χ0n) is 15.3. The van der Waals surface area contributed by atoms with Crippen molar-refractivity contribution in [3.63, 3.8) is 0 Å². The van der Waals surface area contributed by atoms with Crippen LogP contribution in [-0.2, 0) is 10.5 Å². The topological polar surface area (TPSA) is 49.3 Å². The second-order valence-corrected chi connectivity index (χ2v) is 8.61. The first kappa shape index (κ1) is 18.3. The number of benzene rings is 1. The first-order valence-corrected chi connectivity index (χ1v) is 11.0. The van der Waals surface area contributed by atoms with Gasteiger partial charge in [-0.25, -0.2) is 9.97 Å². The molecule has 27 heavy (non-hydrogen) atoms. The van der Waals surface area contributed by atoms with Gasteiger partial charge in [-0.2, -0.15) is 0 Å². The molecule has 1 amide bonds. The lowest BCUT2D eigenvalue weighted by molar-refractivity contribution is -0.128. The van der Waals surface area contributed by atoms with Crippen LogP contribution in [0.4, 0.5) is 5.13 Å². The van der Waals surface area contributed by atoms with Gasteiger partial charge >= 0.3 is 0 Å². The molecule has 7 heteroatoms. The minimum Gasteiger partial charge on any atom is -0.344 e. The molecule has 4 rings (SSSR count). The average Bonchev–Trinajstić information content (AvgIpc) is 3.14. The van der Waals surface area contributed by atoms with Gasteiger partial charge in [0.2, 0.25) is 5.91 Å². The van der Waals surface area contributed by atoms with Gasteiger partial charge in [0.15, 0.2) is 5.13 Å². The molecule has 0 N–H and O–H groups in total. The summed E-state index contributed by atoms with van der Waals surface area (Å²) in [6.45, 7) is 5.26. The maximum absolute atomic E-state index is 12.5. The summed E-state index contributed by atoms with van der Waals surface area (Å²) < 4.78 is 0. The van der Waals surface area contributed by atoms with Gasteiger partial charge in [0.05, 0.1) is 5.75 Å². The van der Waals surface area contributed by atoms with E-state index in [-0.39, 0.29) is 5.91 Å². The van der Waals surface area contributed by atoms with Crippen molar-refractivity contribution in [3.05, 3.63) is 53.7 Å². The van der Waals surface area contributed by atoms with Crippen LogP contribution >= 0.6 is 23.1 Å². The Hall–Kier alpha value is -2.12. The molecule has 1 aliphatic heterocycles. The molecule has 0 radical (unpaired) electrons. The van der Waals surface area contributed by atoms with Gasteiger partial charge in [-0.05, 0) is 24.6 Å². The van der Waals surface area contributed by atoms with Crippen LogP contribution in [0.3, 0.4) is 0 Å². The molecule has 1 aromatic carbocycles. The number of anilines is 1. The van der Waals surface area contributed by atoms with Crippen LogP contribution in [0.5, 0.6) is 0 Å². The van der Waals surface area contributed by atoms with Crippen LogP contribution in [0.25, 0.3) is 10.3 Å². The Labute approximate surface area is 167 Å². The molecule has 1 fully saturated rings. The predicted molar refractivity (Wildman–Crippen MR) is 114 cm³/mol. The molecule has 1 aliphatic rings. The summed E-state index contributed by atoms with van der Waals surface area (Å²) in [6, 6.07) is 12.4. The zero-order valence-corrected chi connectivity index (χ0v) is 16.9. The summed E-state index contributed by atoms with van der Waals surface area (Å²) in [6.07, 6.45) is 1.80. The van der Waals surface area contributed by atoms with Crippen molar-refractivity contribution in [1.29, 1.82) is 0 Å². The first-order valence-electron chi connectivity index (χ1n) is 9.06. The van der Waals surface area contributed by atoms with Crippen LogP contribution in [0.1, 0.15) is 11.1 Å². The van der Waals surface area contributed by atoms with Crippen LogP contribution < -0.4 is 4.90 Å². The van der Waals surface area contributed by atoms with Gasteiger partial charge in [0.1, 0.15) is 10.3 Å². The van der Waals surface area contributed by atoms with Crippen LogP contribution in [0.15, 0.2) is 42.6 Å². The lowest BCUT2D eigenvalue weighted by atomic mass is 10.2. The Kier molecular flexibility index (Phi) is 5.59. The molecule has 0 atom stereocenters. The molecule has 140 valence electrons. The number of aromatic nitrogens is 2. The summed E-state index contributed by atoms with van der Waals surface area (Å²) in [5.41, 5.74) is 3.48. The summed E-state index contributed by atoms with van der Waals surface area (Å²) in [5, 5.41) is 1.00. The van der Waals surface area contributed by atoms with Gasteiger partial charge in [0, 0.05) is 38.1 Å². The number of thioether (sulfide) groups is 1. The summed E-state index contributed by atoms with van der Waals surface area (Å²) in [7, 11) is 0. The highest BCUT2D eigenvalue weighted by molar-refractivity contribution is 7.99. The van der Waals surface area contributed by atoms with Crippen molar-refractivity contribution in [2.24, 2.45) is 0 Å². The highest BCUT2D eigenvalue weighted by Gasteiger charge is 2.23. The molecule has 0 spiro atoms. The molecule has 0 aliphatic carbocycles. The van der Waals surface area contributed by atoms with Gasteiger partial charge < -0.3 is 9.80 Å². The summed E-state index contributed by atoms with van der Waals surface area (Å²) in [4.78, 5) is 26.7. The van der Waals surface area contributed by atoms with Crippen molar-refractivity contribution < 1.29 is 4.79 Å². The number of fused-ring (bicyclic) bond motifs is 1. The number of thiazole rings is 1. The van der Waals surface area contributed by atoms with E-state index in [0.717, 1.165) is 47.4 Å². The number of piperazine rings is 1. The molecule has 2 aromatic heterocycles. The van der Waals surface area contributed by atoms with E-state index in [1.54, 1.807) is 29.3 Å². The fraction of sp³-hybridized carbons (Fsp3) is 0.350. The number of rotatable bonds is 5. The Morgan fingerprint density at radius 2 is 1.93 bits per heavy atom. The van der Waals surface area contributed by atoms with E-state index >= 15 is 0 Å². The SMILES string of the molecule is Cc1ccc(CSCC(=O)N2CCN(c3nc4cccnc4s3)CC2)cc1. The van der Waals surface area contributed by atoms with E-state index in [4.69, 9.17) is 0 Å². The molecular weight excluding hydrogens is 376 g/mol. The number of pyridine rings is 1. The highest BCUT2D eigenvalue weighted by atomic mass is 32.2. The number of aryl methyl sites for hydroxylation is 1. The molecule has 0 bridgehead atoms. The van der Waals surface area contributed by atoms with Crippen molar-refractivity contribution in [1.82, 2.24) is 14.9 Å². The van der Waals surface area contributed by atoms with Gasteiger partial charge in [-0.3, -0.25) is 4.79 Å². The summed E-state index contributed by atoms with van der Waals surface area (Å²) >= 11 is 3.31. The lowest BCUT2D eigenvalue weighted by Gasteiger charge is -2.34. The third-order valence-electron chi connectivity index (χ3n) is 4.67. The first-order chi connectivity index (χ1) is 13.2. The van der Waals surface area contributed by atoms with E-state index in [1.807, 2.05) is 17.0 Å². The van der Waals surface area contributed by atoms with E-state index in [1.165, 1.54) is 11.1 Å². The quantitative estimate of drug-likeness (QED) is 0.657. The van der Waals surface area contributed by atoms with E-state index in [9.17, 15) is 4.79 Å². The lowest BCUT2D eigenvalue weighted by Crippen LogP contribution is -2.49. The number of amides is 1. The minimum absolute atomic E-state index is 0.234. The molecule has 1 saturated heterocycles. The molecule has 3 aromatic rings. The normalized spacial score (nSPS) is 14.7. The predicted octanol–water partition coefficient (Wildman–Crippen LogP) is 3.58. The zero-order chi connectivity index (χ0) is 18.6. The number of nitrogens with zero attached hydrogens (tertiary/aromatic N) is 4. The van der Waals surface area contributed by atoms with Crippen molar-refractivity contribution >= 4 is 44.5 Å². The van der Waals surface area contributed by atoms with Gasteiger partial charge in [0.25, 0.3) is 0 Å². The third-order valence-corrected chi connectivity index (χ3v) is 6.70. The molecular formula is C20H22N4OS2. The maximum atomic E-state index is 12.5. The number of carbonyl (C=O) groups is 1. The second kappa shape index (κ2) is 8.27. The van der Waals surface area contributed by atoms with Crippen LogP contribution in [0.2, 0.25) is 0 Å². The van der Waals surface area contributed by atoms with Crippen molar-refractivity contribution in [2.45, 2.75) is 12.7 Å². The Morgan fingerprint density at radius 1 is 1.15 bits per heavy atom. The Bertz CT molecular complexity index is 884. The monoisotopic (exact) mass is 398 g/mol. The van der Waals surface area contributed by atoms with Crippen molar-refractivity contribution in [2.75, 3.05) is 36.8 Å². The van der Waals surface area contributed by atoms with Crippen LogP contribution in [-0.4, -0.2) is 52.7 Å². The third kappa shape index (κ3) is 4.42. The van der Waals surface area contributed by atoms with E-state index in [0.29, 0.717) is 5.75 Å². The van der Waals surface area contributed by atoms with Crippen LogP contribution in [0, 0.1) is 6.92 Å². The summed E-state index contributed by atoms with van der Waals surface area (Å²) in [5.74, 6) is 1.65. The van der Waals surface area contributed by atoms with E-state index < -0.39 is 0 Å².